The van der Waals surface area contributed by atoms with Gasteiger partial charge in [-0.15, -0.1) is 0 Å². The number of benzene rings is 1. The van der Waals surface area contributed by atoms with Crippen LogP contribution in [0, 0.1) is 0 Å². The third kappa shape index (κ3) is 5.09. The van der Waals surface area contributed by atoms with Crippen molar-refractivity contribution in [2.45, 2.75) is 45.4 Å². The van der Waals surface area contributed by atoms with E-state index in [1.165, 1.54) is 0 Å². The molecule has 2 amide bonds. The number of hydrogen-bond donors (Lipinski definition) is 2. The molecule has 0 fully saturated rings. The van der Waals surface area contributed by atoms with E-state index in [0.29, 0.717) is 6.54 Å². The molecule has 130 valence electrons. The van der Waals surface area contributed by atoms with E-state index in [4.69, 9.17) is 4.74 Å². The third-order valence-corrected chi connectivity index (χ3v) is 3.94. The molecule has 2 N–H and O–H groups in total. The number of carbonyl (C=O) groups excluding carboxylic acids is 1. The molecule has 2 rings (SSSR count). The molecule has 6 nitrogen and oxygen atoms in total. The summed E-state index contributed by atoms with van der Waals surface area (Å²) in [5.74, 6) is 0. The number of hydrogen-bond acceptors (Lipinski definition) is 3. The number of nitrogens with one attached hydrogen (secondary N) is 2. The Bertz CT molecular complexity index is 653. The quantitative estimate of drug-likeness (QED) is 0.820. The molecule has 0 aliphatic rings. The van der Waals surface area contributed by atoms with E-state index in [-0.39, 0.29) is 17.7 Å². The highest BCUT2D eigenvalue weighted by Crippen LogP contribution is 2.16. The zero-order chi connectivity index (χ0) is 17.6. The minimum absolute atomic E-state index is 0.0174. The highest BCUT2D eigenvalue weighted by molar-refractivity contribution is 5.74. The summed E-state index contributed by atoms with van der Waals surface area (Å²) in [5, 5.41) is 5.86. The van der Waals surface area contributed by atoms with Crippen LogP contribution in [0.15, 0.2) is 43.0 Å². The van der Waals surface area contributed by atoms with Gasteiger partial charge in [0.2, 0.25) is 0 Å². The van der Waals surface area contributed by atoms with Crippen LogP contribution in [0.5, 0.6) is 0 Å². The van der Waals surface area contributed by atoms with E-state index in [1.54, 1.807) is 19.6 Å². The van der Waals surface area contributed by atoms with Crippen molar-refractivity contribution < 1.29 is 9.53 Å². The van der Waals surface area contributed by atoms with Crippen LogP contribution in [0.1, 0.15) is 32.8 Å². The van der Waals surface area contributed by atoms with Crippen molar-refractivity contribution in [1.29, 1.82) is 0 Å². The van der Waals surface area contributed by atoms with Crippen LogP contribution < -0.4 is 10.6 Å². The predicted octanol–water partition coefficient (Wildman–Crippen LogP) is 2.88. The second-order valence-corrected chi connectivity index (χ2v) is 6.49. The van der Waals surface area contributed by atoms with E-state index in [9.17, 15) is 4.79 Å². The lowest BCUT2D eigenvalue weighted by molar-refractivity contribution is 0.00950. The average Bonchev–Trinajstić information content (AvgIpc) is 3.07. The first-order chi connectivity index (χ1) is 11.4. The van der Waals surface area contributed by atoms with Crippen molar-refractivity contribution in [2.24, 2.45) is 0 Å². The summed E-state index contributed by atoms with van der Waals surface area (Å²) < 4.78 is 7.33. The van der Waals surface area contributed by atoms with E-state index in [1.807, 2.05) is 55.8 Å². The van der Waals surface area contributed by atoms with Crippen molar-refractivity contribution in [2.75, 3.05) is 7.11 Å². The average molecular weight is 330 g/mol. The fourth-order valence-corrected chi connectivity index (χ4v) is 2.64. The molecule has 2 aromatic rings. The number of carbonyl (C=O) groups is 1. The summed E-state index contributed by atoms with van der Waals surface area (Å²) in [6, 6.07) is 7.75. The molecule has 0 unspecified atom stereocenters. The lowest BCUT2D eigenvalue weighted by Crippen LogP contribution is -2.43. The minimum atomic E-state index is -0.263. The smallest absolute Gasteiger partial charge is 0.315 e. The van der Waals surface area contributed by atoms with Crippen molar-refractivity contribution in [3.05, 3.63) is 48.5 Å². The number of aromatic nitrogens is 2. The minimum Gasteiger partial charge on any atom is -0.379 e. The van der Waals surface area contributed by atoms with Crippen molar-refractivity contribution >= 4 is 6.03 Å². The molecule has 0 spiro atoms. The van der Waals surface area contributed by atoms with Crippen molar-refractivity contribution in [3.63, 3.8) is 0 Å². The van der Waals surface area contributed by atoms with E-state index in [0.717, 1.165) is 17.7 Å². The number of nitrogens with zero attached hydrogens (tertiary/aromatic N) is 2. The topological polar surface area (TPSA) is 68.2 Å². The number of para-hydroxylation sites is 1. The van der Waals surface area contributed by atoms with Gasteiger partial charge in [0.1, 0.15) is 0 Å². The Labute approximate surface area is 143 Å². The molecule has 6 heteroatoms. The molecule has 1 atom stereocenters. The van der Waals surface area contributed by atoms with Crippen LogP contribution in [-0.4, -0.2) is 34.3 Å². The first-order valence-corrected chi connectivity index (χ1v) is 8.07. The van der Waals surface area contributed by atoms with Gasteiger partial charge >= 0.3 is 6.03 Å². The Morgan fingerprint density at radius 2 is 2.12 bits per heavy atom. The molecular formula is C18H26N4O2. The zero-order valence-electron chi connectivity index (χ0n) is 14.7. The Hall–Kier alpha value is -2.34. The fraction of sp³-hybridized carbons (Fsp3) is 0.444. The molecule has 0 aliphatic heterocycles. The van der Waals surface area contributed by atoms with Crippen LogP contribution in [0.25, 0.3) is 5.69 Å². The van der Waals surface area contributed by atoms with Gasteiger partial charge in [-0.2, -0.15) is 0 Å². The second kappa shape index (κ2) is 7.97. The van der Waals surface area contributed by atoms with E-state index in [2.05, 4.69) is 15.6 Å². The molecule has 0 saturated heterocycles. The summed E-state index contributed by atoms with van der Waals surface area (Å²) in [6.45, 7) is 6.43. The lowest BCUT2D eigenvalue weighted by atomic mass is 10.00. The van der Waals surface area contributed by atoms with Gasteiger partial charge in [0, 0.05) is 32.1 Å². The maximum Gasteiger partial charge on any atom is 0.315 e. The molecule has 24 heavy (non-hydrogen) atoms. The van der Waals surface area contributed by atoms with E-state index >= 15 is 0 Å². The van der Waals surface area contributed by atoms with Gasteiger partial charge < -0.3 is 19.9 Å². The first-order valence-electron chi connectivity index (χ1n) is 8.07. The monoisotopic (exact) mass is 330 g/mol. The first kappa shape index (κ1) is 18.0. The number of imidazole rings is 1. The number of urea groups is 1. The molecule has 1 heterocycles. The lowest BCUT2D eigenvalue weighted by Gasteiger charge is -2.27. The molecule has 0 aliphatic carbocycles. The normalized spacial score (nSPS) is 12.7. The van der Waals surface area contributed by atoms with E-state index < -0.39 is 0 Å². The zero-order valence-corrected chi connectivity index (χ0v) is 14.7. The third-order valence-electron chi connectivity index (χ3n) is 3.94. The van der Waals surface area contributed by atoms with Crippen molar-refractivity contribution in [1.82, 2.24) is 20.2 Å². The van der Waals surface area contributed by atoms with Crippen LogP contribution in [-0.2, 0) is 11.3 Å². The van der Waals surface area contributed by atoms with Gasteiger partial charge in [-0.05, 0) is 38.8 Å². The van der Waals surface area contributed by atoms with Crippen LogP contribution in [0.3, 0.4) is 0 Å². The highest BCUT2D eigenvalue weighted by atomic mass is 16.5. The van der Waals surface area contributed by atoms with Gasteiger partial charge in [-0.25, -0.2) is 9.78 Å². The number of amides is 2. The Balaban J connectivity index is 1.91. The highest BCUT2D eigenvalue weighted by Gasteiger charge is 2.21. The van der Waals surface area contributed by atoms with Crippen LogP contribution in [0.4, 0.5) is 4.79 Å². The fourth-order valence-electron chi connectivity index (χ4n) is 2.64. The SMILES string of the molecule is COC(C)(C)C[C@H](C)NC(=O)NCc1ccccc1-n1ccnc1. The summed E-state index contributed by atoms with van der Waals surface area (Å²) in [7, 11) is 1.68. The van der Waals surface area contributed by atoms with Gasteiger partial charge in [0.05, 0.1) is 17.6 Å². The number of methoxy groups -OCH3 is 1. The van der Waals surface area contributed by atoms with Gasteiger partial charge in [0.25, 0.3) is 0 Å². The second-order valence-electron chi connectivity index (χ2n) is 6.49. The standard InChI is InChI=1S/C18H26N4O2/c1-14(11-18(2,3)24-4)21-17(23)20-12-15-7-5-6-8-16(15)22-10-9-19-13-22/h5-10,13-14H,11-12H2,1-4H3,(H2,20,21,23)/t14-/m0/s1. The maximum absolute atomic E-state index is 12.1. The molecular weight excluding hydrogens is 304 g/mol. The van der Waals surface area contributed by atoms with Crippen LogP contribution in [0.2, 0.25) is 0 Å². The van der Waals surface area contributed by atoms with Gasteiger partial charge in [-0.3, -0.25) is 0 Å². The molecule has 1 aromatic carbocycles. The summed E-state index contributed by atoms with van der Waals surface area (Å²) >= 11 is 0. The van der Waals surface area contributed by atoms with Gasteiger partial charge in [-0.1, -0.05) is 18.2 Å². The maximum atomic E-state index is 12.1. The summed E-state index contributed by atoms with van der Waals surface area (Å²) in [6.07, 6.45) is 6.10. The largest absolute Gasteiger partial charge is 0.379 e. The summed E-state index contributed by atoms with van der Waals surface area (Å²) in [4.78, 5) is 16.2. The summed E-state index contributed by atoms with van der Waals surface area (Å²) in [5.41, 5.74) is 1.76. The number of rotatable bonds is 7. The number of ether oxygens (including phenoxy) is 1. The predicted molar refractivity (Wildman–Crippen MR) is 94.1 cm³/mol. The molecule has 0 bridgehead atoms. The Kier molecular flexibility index (Phi) is 5.98. The Morgan fingerprint density at radius 3 is 2.79 bits per heavy atom. The molecule has 0 radical (unpaired) electrons. The Morgan fingerprint density at radius 1 is 1.38 bits per heavy atom. The molecule has 0 saturated carbocycles. The van der Waals surface area contributed by atoms with Gasteiger partial charge in [0.15, 0.2) is 0 Å². The molecule has 1 aromatic heterocycles. The van der Waals surface area contributed by atoms with Crippen molar-refractivity contribution in [3.8, 4) is 5.69 Å². The van der Waals surface area contributed by atoms with Crippen LogP contribution >= 0.6 is 0 Å².